The minimum atomic E-state index is 0.442. The zero-order chi connectivity index (χ0) is 14.5. The molecule has 0 aliphatic heterocycles. The number of pyridine rings is 1. The van der Waals surface area contributed by atoms with E-state index in [1.165, 1.54) is 30.5 Å². The Morgan fingerprint density at radius 1 is 1.40 bits per heavy atom. The molecule has 110 valence electrons. The summed E-state index contributed by atoms with van der Waals surface area (Å²) in [6, 6.07) is 2.13. The fourth-order valence-electron chi connectivity index (χ4n) is 2.68. The van der Waals surface area contributed by atoms with Gasteiger partial charge >= 0.3 is 0 Å². The van der Waals surface area contributed by atoms with Gasteiger partial charge in [0.1, 0.15) is 10.8 Å². The third-order valence-corrected chi connectivity index (χ3v) is 4.04. The zero-order valence-corrected chi connectivity index (χ0v) is 13.4. The Kier molecular flexibility index (Phi) is 5.35. The number of nitrogens with zero attached hydrogens (tertiary/aromatic N) is 1. The Hall–Kier alpha value is -1.16. The van der Waals surface area contributed by atoms with Gasteiger partial charge in [0, 0.05) is 12.2 Å². The van der Waals surface area contributed by atoms with Gasteiger partial charge in [-0.05, 0) is 43.2 Å². The van der Waals surface area contributed by atoms with Crippen LogP contribution in [0.4, 0.5) is 5.82 Å². The lowest BCUT2D eigenvalue weighted by atomic mass is 10.1. The van der Waals surface area contributed by atoms with E-state index in [0.717, 1.165) is 43.1 Å². The van der Waals surface area contributed by atoms with Gasteiger partial charge in [-0.2, -0.15) is 0 Å². The highest BCUT2D eigenvalue weighted by Gasteiger charge is 2.17. The molecule has 1 heterocycles. The maximum absolute atomic E-state index is 5.83. The molecule has 2 rings (SSSR count). The van der Waals surface area contributed by atoms with Gasteiger partial charge in [0.2, 0.25) is 0 Å². The molecule has 3 nitrogen and oxygen atoms in total. The Bertz CT molecular complexity index is 483. The quantitative estimate of drug-likeness (QED) is 0.597. The summed E-state index contributed by atoms with van der Waals surface area (Å²) < 4.78 is 0. The van der Waals surface area contributed by atoms with Crippen LogP contribution < -0.4 is 11.1 Å². The molecule has 0 saturated heterocycles. The predicted molar refractivity (Wildman–Crippen MR) is 89.3 cm³/mol. The molecule has 1 aliphatic rings. The maximum Gasteiger partial charge on any atom is 0.136 e. The van der Waals surface area contributed by atoms with Crippen LogP contribution in [0, 0.1) is 5.92 Å². The van der Waals surface area contributed by atoms with Crippen molar-refractivity contribution in [1.29, 1.82) is 0 Å². The molecule has 0 atom stereocenters. The van der Waals surface area contributed by atoms with E-state index in [4.69, 9.17) is 22.9 Å². The van der Waals surface area contributed by atoms with Crippen molar-refractivity contribution in [2.24, 2.45) is 11.7 Å². The monoisotopic (exact) mass is 291 g/mol. The second-order valence-corrected chi connectivity index (χ2v) is 6.46. The highest BCUT2D eigenvalue weighted by molar-refractivity contribution is 7.80. The largest absolute Gasteiger partial charge is 0.389 e. The van der Waals surface area contributed by atoms with Crippen molar-refractivity contribution in [3.05, 3.63) is 22.9 Å². The summed E-state index contributed by atoms with van der Waals surface area (Å²) in [7, 11) is 0. The van der Waals surface area contributed by atoms with Gasteiger partial charge in [0.15, 0.2) is 0 Å². The number of hydrogen-bond donors (Lipinski definition) is 2. The Labute approximate surface area is 127 Å². The molecule has 0 radical (unpaired) electrons. The lowest BCUT2D eigenvalue weighted by Crippen LogP contribution is -2.16. The molecule has 0 bridgehead atoms. The SMILES string of the molecule is CC(C)CCCCNc1nc2c(cc1C(N)=S)CCC2. The van der Waals surface area contributed by atoms with E-state index in [-0.39, 0.29) is 0 Å². The van der Waals surface area contributed by atoms with Crippen molar-refractivity contribution in [2.45, 2.75) is 52.4 Å². The predicted octanol–water partition coefficient (Wildman–Crippen LogP) is 3.44. The standard InChI is InChI=1S/C16H25N3S/c1-11(2)6-3-4-9-18-16-13(15(17)20)10-12-7-5-8-14(12)19-16/h10-11H,3-9H2,1-2H3,(H2,17,20)(H,18,19). The first-order valence-electron chi connectivity index (χ1n) is 7.64. The van der Waals surface area contributed by atoms with Gasteiger partial charge in [-0.15, -0.1) is 0 Å². The van der Waals surface area contributed by atoms with Crippen LogP contribution in [-0.2, 0) is 12.8 Å². The van der Waals surface area contributed by atoms with E-state index in [1.807, 2.05) is 0 Å². The van der Waals surface area contributed by atoms with Crippen LogP contribution in [0.2, 0.25) is 0 Å². The van der Waals surface area contributed by atoms with Crippen molar-refractivity contribution < 1.29 is 0 Å². The molecule has 0 amide bonds. The number of aryl methyl sites for hydroxylation is 2. The van der Waals surface area contributed by atoms with Crippen LogP contribution in [0.5, 0.6) is 0 Å². The highest BCUT2D eigenvalue weighted by Crippen LogP contribution is 2.25. The van der Waals surface area contributed by atoms with Crippen LogP contribution in [0.15, 0.2) is 6.07 Å². The summed E-state index contributed by atoms with van der Waals surface area (Å²) in [5.74, 6) is 1.66. The van der Waals surface area contributed by atoms with E-state index < -0.39 is 0 Å². The summed E-state index contributed by atoms with van der Waals surface area (Å²) in [4.78, 5) is 5.17. The summed E-state index contributed by atoms with van der Waals surface area (Å²) in [5, 5.41) is 3.42. The van der Waals surface area contributed by atoms with E-state index in [9.17, 15) is 0 Å². The molecule has 4 heteroatoms. The molecule has 1 aromatic heterocycles. The number of aromatic nitrogens is 1. The molecular formula is C16H25N3S. The van der Waals surface area contributed by atoms with Gasteiger partial charge in [0.05, 0.1) is 5.56 Å². The second kappa shape index (κ2) is 7.02. The Morgan fingerprint density at radius 2 is 2.20 bits per heavy atom. The van der Waals surface area contributed by atoms with E-state index in [2.05, 4.69) is 25.2 Å². The number of nitrogens with two attached hydrogens (primary N) is 1. The van der Waals surface area contributed by atoms with Crippen molar-refractivity contribution in [3.8, 4) is 0 Å². The third kappa shape index (κ3) is 3.92. The molecule has 1 aliphatic carbocycles. The van der Waals surface area contributed by atoms with Crippen LogP contribution in [-0.4, -0.2) is 16.5 Å². The molecule has 0 aromatic carbocycles. The number of unbranched alkanes of at least 4 members (excludes halogenated alkanes) is 1. The van der Waals surface area contributed by atoms with Gasteiger partial charge in [-0.1, -0.05) is 38.9 Å². The topological polar surface area (TPSA) is 50.9 Å². The molecule has 1 aromatic rings. The molecule has 0 spiro atoms. The Balaban J connectivity index is 1.98. The number of thiocarbonyl (C=S) groups is 1. The van der Waals surface area contributed by atoms with Crippen molar-refractivity contribution in [3.63, 3.8) is 0 Å². The number of rotatable bonds is 7. The second-order valence-electron chi connectivity index (χ2n) is 6.02. The zero-order valence-electron chi connectivity index (χ0n) is 12.5. The highest BCUT2D eigenvalue weighted by atomic mass is 32.1. The first-order valence-corrected chi connectivity index (χ1v) is 8.05. The van der Waals surface area contributed by atoms with Crippen LogP contribution >= 0.6 is 12.2 Å². The minimum Gasteiger partial charge on any atom is -0.389 e. The van der Waals surface area contributed by atoms with E-state index in [1.54, 1.807) is 0 Å². The summed E-state index contributed by atoms with van der Waals surface area (Å²) in [5.41, 5.74) is 9.27. The normalized spacial score (nSPS) is 13.6. The molecule has 3 N–H and O–H groups in total. The van der Waals surface area contributed by atoms with Crippen LogP contribution in [0.25, 0.3) is 0 Å². The molecular weight excluding hydrogens is 266 g/mol. The summed E-state index contributed by atoms with van der Waals surface area (Å²) in [6.07, 6.45) is 7.06. The minimum absolute atomic E-state index is 0.442. The number of fused-ring (bicyclic) bond motifs is 1. The first kappa shape index (κ1) is 15.2. The van der Waals surface area contributed by atoms with Crippen molar-refractivity contribution in [2.75, 3.05) is 11.9 Å². The lowest BCUT2D eigenvalue weighted by molar-refractivity contribution is 0.544. The van der Waals surface area contributed by atoms with Gasteiger partial charge in [-0.3, -0.25) is 0 Å². The van der Waals surface area contributed by atoms with Gasteiger partial charge < -0.3 is 11.1 Å². The molecule has 20 heavy (non-hydrogen) atoms. The van der Waals surface area contributed by atoms with E-state index in [0.29, 0.717) is 4.99 Å². The van der Waals surface area contributed by atoms with Gasteiger partial charge in [-0.25, -0.2) is 4.98 Å². The third-order valence-electron chi connectivity index (χ3n) is 3.82. The maximum atomic E-state index is 5.83. The smallest absolute Gasteiger partial charge is 0.136 e. The van der Waals surface area contributed by atoms with Crippen molar-refractivity contribution >= 4 is 23.0 Å². The number of anilines is 1. The summed E-state index contributed by atoms with van der Waals surface area (Å²) >= 11 is 5.15. The fourth-order valence-corrected chi connectivity index (χ4v) is 2.83. The molecule has 0 saturated carbocycles. The lowest BCUT2D eigenvalue weighted by Gasteiger charge is -2.13. The van der Waals surface area contributed by atoms with Gasteiger partial charge in [0.25, 0.3) is 0 Å². The summed E-state index contributed by atoms with van der Waals surface area (Å²) in [6.45, 7) is 5.47. The van der Waals surface area contributed by atoms with E-state index >= 15 is 0 Å². The molecule has 0 fully saturated rings. The Morgan fingerprint density at radius 3 is 2.90 bits per heavy atom. The average molecular weight is 291 g/mol. The number of nitrogens with one attached hydrogen (secondary N) is 1. The fraction of sp³-hybridized carbons (Fsp3) is 0.625. The number of hydrogen-bond acceptors (Lipinski definition) is 3. The average Bonchev–Trinajstić information content (AvgIpc) is 2.83. The van der Waals surface area contributed by atoms with Crippen LogP contribution in [0.3, 0.4) is 0 Å². The molecule has 0 unspecified atom stereocenters. The van der Waals surface area contributed by atoms with Crippen LogP contribution in [0.1, 0.15) is 56.4 Å². The van der Waals surface area contributed by atoms with Crippen molar-refractivity contribution in [1.82, 2.24) is 4.98 Å². The first-order chi connectivity index (χ1) is 9.58.